The SMILES string of the molecule is CCN(C)C(=O)CC1(C(=O)N(C)CC)CCNC1.Cl. The zero-order valence-electron chi connectivity index (χ0n) is 12.4. The predicted octanol–water partition coefficient (Wildman–Crippen LogP) is 0.735. The fourth-order valence-corrected chi connectivity index (χ4v) is 2.30. The highest BCUT2D eigenvalue weighted by Crippen LogP contribution is 2.32. The van der Waals surface area contributed by atoms with Gasteiger partial charge in [0.1, 0.15) is 0 Å². The molecule has 6 heteroatoms. The van der Waals surface area contributed by atoms with Crippen LogP contribution in [0, 0.1) is 5.41 Å². The third kappa shape index (κ3) is 4.08. The first kappa shape index (κ1) is 18.2. The molecule has 1 N–H and O–H groups in total. The molecule has 1 atom stereocenters. The maximum Gasteiger partial charge on any atom is 0.230 e. The Bertz CT molecular complexity index is 317. The van der Waals surface area contributed by atoms with Crippen molar-refractivity contribution in [2.24, 2.45) is 5.41 Å². The van der Waals surface area contributed by atoms with Gasteiger partial charge in [-0.3, -0.25) is 9.59 Å². The number of carbonyl (C=O) groups is 2. The molecular weight excluding hydrogens is 266 g/mol. The fourth-order valence-electron chi connectivity index (χ4n) is 2.30. The van der Waals surface area contributed by atoms with E-state index in [0.29, 0.717) is 26.1 Å². The molecule has 1 unspecified atom stereocenters. The smallest absolute Gasteiger partial charge is 0.230 e. The number of rotatable bonds is 5. The molecule has 0 aliphatic carbocycles. The van der Waals surface area contributed by atoms with Crippen LogP contribution in [0.2, 0.25) is 0 Å². The van der Waals surface area contributed by atoms with Crippen molar-refractivity contribution in [1.29, 1.82) is 0 Å². The lowest BCUT2D eigenvalue weighted by atomic mass is 9.81. The van der Waals surface area contributed by atoms with Crippen molar-refractivity contribution in [2.75, 3.05) is 40.3 Å². The predicted molar refractivity (Wildman–Crippen MR) is 78.4 cm³/mol. The highest BCUT2D eigenvalue weighted by Gasteiger charge is 2.44. The Morgan fingerprint density at radius 1 is 1.16 bits per heavy atom. The second-order valence-corrected chi connectivity index (χ2v) is 5.11. The second kappa shape index (κ2) is 7.70. The summed E-state index contributed by atoms with van der Waals surface area (Å²) in [6, 6.07) is 0. The summed E-state index contributed by atoms with van der Waals surface area (Å²) < 4.78 is 0. The first-order valence-corrected chi connectivity index (χ1v) is 6.67. The van der Waals surface area contributed by atoms with Gasteiger partial charge in [0.25, 0.3) is 0 Å². The summed E-state index contributed by atoms with van der Waals surface area (Å²) in [5.74, 6) is 0.145. The maximum atomic E-state index is 12.5. The molecule has 0 spiro atoms. The monoisotopic (exact) mass is 291 g/mol. The van der Waals surface area contributed by atoms with Crippen LogP contribution in [0.15, 0.2) is 0 Å². The van der Waals surface area contributed by atoms with Gasteiger partial charge < -0.3 is 15.1 Å². The van der Waals surface area contributed by atoms with Crippen LogP contribution in [0.25, 0.3) is 0 Å². The number of hydrogen-bond acceptors (Lipinski definition) is 3. The molecule has 19 heavy (non-hydrogen) atoms. The van der Waals surface area contributed by atoms with Crippen LogP contribution in [0.1, 0.15) is 26.7 Å². The van der Waals surface area contributed by atoms with Gasteiger partial charge in [-0.15, -0.1) is 12.4 Å². The van der Waals surface area contributed by atoms with E-state index in [1.165, 1.54) is 0 Å². The van der Waals surface area contributed by atoms with Crippen LogP contribution >= 0.6 is 12.4 Å². The number of hydrogen-bond donors (Lipinski definition) is 1. The fraction of sp³-hybridized carbons (Fsp3) is 0.846. The second-order valence-electron chi connectivity index (χ2n) is 5.11. The van der Waals surface area contributed by atoms with Gasteiger partial charge in [0.05, 0.1) is 5.41 Å². The zero-order valence-corrected chi connectivity index (χ0v) is 13.2. The average Bonchev–Trinajstić information content (AvgIpc) is 2.85. The number of halogens is 1. The lowest BCUT2D eigenvalue weighted by Gasteiger charge is -2.32. The molecule has 1 heterocycles. The molecule has 0 aromatic rings. The minimum absolute atomic E-state index is 0. The molecule has 1 saturated heterocycles. The van der Waals surface area contributed by atoms with Gasteiger partial charge in [0.15, 0.2) is 0 Å². The first-order chi connectivity index (χ1) is 8.46. The standard InChI is InChI=1S/C13H25N3O2.ClH/c1-5-15(3)11(17)9-13(7-8-14-10-13)12(18)16(4)6-2;/h14H,5-10H2,1-4H3;1H. The van der Waals surface area contributed by atoms with E-state index in [1.807, 2.05) is 13.8 Å². The molecule has 1 aliphatic rings. The normalized spacial score (nSPS) is 21.7. The minimum atomic E-state index is -0.536. The molecule has 1 rings (SSSR count). The van der Waals surface area contributed by atoms with E-state index in [4.69, 9.17) is 0 Å². The van der Waals surface area contributed by atoms with E-state index >= 15 is 0 Å². The molecule has 5 nitrogen and oxygen atoms in total. The van der Waals surface area contributed by atoms with Gasteiger partial charge >= 0.3 is 0 Å². The van der Waals surface area contributed by atoms with E-state index in [2.05, 4.69) is 5.32 Å². The molecule has 1 fully saturated rings. The summed E-state index contributed by atoms with van der Waals surface area (Å²) in [6.45, 7) is 6.68. The largest absolute Gasteiger partial charge is 0.346 e. The number of nitrogens with one attached hydrogen (secondary N) is 1. The van der Waals surface area contributed by atoms with E-state index < -0.39 is 5.41 Å². The number of amides is 2. The summed E-state index contributed by atoms with van der Waals surface area (Å²) in [6.07, 6.45) is 1.06. The molecule has 1 aliphatic heterocycles. The lowest BCUT2D eigenvalue weighted by molar-refractivity contribution is -0.145. The van der Waals surface area contributed by atoms with Crippen molar-refractivity contribution in [3.8, 4) is 0 Å². The number of carbonyl (C=O) groups excluding carboxylic acids is 2. The average molecular weight is 292 g/mol. The van der Waals surface area contributed by atoms with Crippen LogP contribution in [-0.4, -0.2) is 61.9 Å². The van der Waals surface area contributed by atoms with Crippen molar-refractivity contribution >= 4 is 24.2 Å². The number of nitrogens with zero attached hydrogens (tertiary/aromatic N) is 2. The van der Waals surface area contributed by atoms with Crippen LogP contribution < -0.4 is 5.32 Å². The molecular formula is C13H26ClN3O2. The van der Waals surface area contributed by atoms with Crippen molar-refractivity contribution in [2.45, 2.75) is 26.7 Å². The summed E-state index contributed by atoms with van der Waals surface area (Å²) in [7, 11) is 3.59. The third-order valence-electron chi connectivity index (χ3n) is 3.91. The van der Waals surface area contributed by atoms with Crippen LogP contribution in [0.3, 0.4) is 0 Å². The van der Waals surface area contributed by atoms with E-state index in [1.54, 1.807) is 23.9 Å². The van der Waals surface area contributed by atoms with Gasteiger partial charge in [0.2, 0.25) is 11.8 Å². The van der Waals surface area contributed by atoms with E-state index in [0.717, 1.165) is 13.0 Å². The Hall–Kier alpha value is -0.810. The van der Waals surface area contributed by atoms with Crippen molar-refractivity contribution < 1.29 is 9.59 Å². The Morgan fingerprint density at radius 2 is 1.74 bits per heavy atom. The van der Waals surface area contributed by atoms with Gasteiger partial charge in [0, 0.05) is 40.2 Å². The summed E-state index contributed by atoms with van der Waals surface area (Å²) in [4.78, 5) is 27.9. The Balaban J connectivity index is 0.00000324. The van der Waals surface area contributed by atoms with Crippen LogP contribution in [-0.2, 0) is 9.59 Å². The molecule has 0 saturated carbocycles. The Kier molecular flexibility index (Phi) is 7.37. The van der Waals surface area contributed by atoms with E-state index in [-0.39, 0.29) is 24.2 Å². The lowest BCUT2D eigenvalue weighted by Crippen LogP contribution is -2.46. The molecule has 0 aromatic carbocycles. The van der Waals surface area contributed by atoms with E-state index in [9.17, 15) is 9.59 Å². The van der Waals surface area contributed by atoms with Crippen LogP contribution in [0.4, 0.5) is 0 Å². The van der Waals surface area contributed by atoms with Gasteiger partial charge in [-0.2, -0.15) is 0 Å². The maximum absolute atomic E-state index is 12.5. The molecule has 0 aromatic heterocycles. The van der Waals surface area contributed by atoms with Crippen LogP contribution in [0.5, 0.6) is 0 Å². The quantitative estimate of drug-likeness (QED) is 0.813. The molecule has 112 valence electrons. The van der Waals surface area contributed by atoms with Crippen molar-refractivity contribution in [1.82, 2.24) is 15.1 Å². The highest BCUT2D eigenvalue weighted by atomic mass is 35.5. The zero-order chi connectivity index (χ0) is 13.8. The van der Waals surface area contributed by atoms with Crippen molar-refractivity contribution in [3.05, 3.63) is 0 Å². The highest BCUT2D eigenvalue weighted by molar-refractivity contribution is 5.89. The van der Waals surface area contributed by atoms with Crippen molar-refractivity contribution in [3.63, 3.8) is 0 Å². The molecule has 0 radical (unpaired) electrons. The van der Waals surface area contributed by atoms with Gasteiger partial charge in [-0.25, -0.2) is 0 Å². The summed E-state index contributed by atoms with van der Waals surface area (Å²) >= 11 is 0. The molecule has 0 bridgehead atoms. The Morgan fingerprint density at radius 3 is 2.16 bits per heavy atom. The summed E-state index contributed by atoms with van der Waals surface area (Å²) in [5.41, 5.74) is -0.536. The topological polar surface area (TPSA) is 52.7 Å². The Labute approximate surface area is 122 Å². The van der Waals surface area contributed by atoms with Gasteiger partial charge in [-0.05, 0) is 26.8 Å². The first-order valence-electron chi connectivity index (χ1n) is 6.67. The molecule has 2 amide bonds. The van der Waals surface area contributed by atoms with Gasteiger partial charge in [-0.1, -0.05) is 0 Å². The third-order valence-corrected chi connectivity index (χ3v) is 3.91. The minimum Gasteiger partial charge on any atom is -0.346 e. The summed E-state index contributed by atoms with van der Waals surface area (Å²) in [5, 5.41) is 3.22.